The van der Waals surface area contributed by atoms with Crippen molar-refractivity contribution in [1.29, 1.82) is 0 Å². The van der Waals surface area contributed by atoms with Crippen LogP contribution in [0.15, 0.2) is 53.6 Å². The number of hydrogen-bond acceptors (Lipinski definition) is 4. The molecule has 1 N–H and O–H groups in total. The lowest BCUT2D eigenvalue weighted by Crippen LogP contribution is -2.21. The molecular weight excluding hydrogens is 354 g/mol. The van der Waals surface area contributed by atoms with E-state index in [2.05, 4.69) is 55.6 Å². The van der Waals surface area contributed by atoms with Gasteiger partial charge in [0.05, 0.1) is 10.6 Å². The van der Waals surface area contributed by atoms with E-state index in [0.717, 1.165) is 6.42 Å². The number of carbonyl (C=O) groups excluding carboxylic acids is 1. The predicted octanol–water partition coefficient (Wildman–Crippen LogP) is 4.54. The maximum atomic E-state index is 12.4. The van der Waals surface area contributed by atoms with Crippen molar-refractivity contribution in [3.8, 4) is 0 Å². The smallest absolute Gasteiger partial charge is 0.270 e. The van der Waals surface area contributed by atoms with Crippen LogP contribution < -0.4 is 5.43 Å². The third-order valence-electron chi connectivity index (χ3n) is 5.14. The van der Waals surface area contributed by atoms with Gasteiger partial charge in [0.15, 0.2) is 0 Å². The van der Waals surface area contributed by atoms with E-state index in [1.165, 1.54) is 23.3 Å². The number of nitrogens with zero attached hydrogens (tertiary/aromatic N) is 2. The number of amides is 1. The number of nitro benzene ring substituents is 1. The lowest BCUT2D eigenvalue weighted by molar-refractivity contribution is -0.384. The van der Waals surface area contributed by atoms with E-state index in [-0.39, 0.29) is 28.8 Å². The topological polar surface area (TPSA) is 84.6 Å². The summed E-state index contributed by atoms with van der Waals surface area (Å²) in [5.74, 6) is 0.0270. The summed E-state index contributed by atoms with van der Waals surface area (Å²) < 4.78 is 0. The van der Waals surface area contributed by atoms with Crippen LogP contribution in [-0.2, 0) is 10.2 Å². The van der Waals surface area contributed by atoms with Gasteiger partial charge in [-0.05, 0) is 35.8 Å². The maximum Gasteiger partial charge on any atom is 0.270 e. The molecule has 6 heteroatoms. The van der Waals surface area contributed by atoms with Gasteiger partial charge in [-0.2, -0.15) is 5.10 Å². The summed E-state index contributed by atoms with van der Waals surface area (Å²) in [5.41, 5.74) is 6.30. The van der Waals surface area contributed by atoms with E-state index >= 15 is 0 Å². The Labute approximate surface area is 164 Å². The average Bonchev–Trinajstić information content (AvgIpc) is 3.46. The quantitative estimate of drug-likeness (QED) is 0.470. The number of rotatable bonds is 5. The Bertz CT molecular complexity index is 927. The van der Waals surface area contributed by atoms with Crippen molar-refractivity contribution in [3.05, 3.63) is 75.3 Å². The Balaban J connectivity index is 1.61. The highest BCUT2D eigenvalue weighted by Gasteiger charge is 2.44. The van der Waals surface area contributed by atoms with E-state index in [4.69, 9.17) is 0 Å². The SMILES string of the molecule is CC(=NNC(=O)C1CC1c1ccc(C(C)(C)C)cc1)c1cccc([N+](=O)[O-])c1. The second kappa shape index (κ2) is 7.54. The molecule has 6 nitrogen and oxygen atoms in total. The standard InChI is InChI=1S/C22H25N3O3/c1-14(16-6-5-7-18(12-16)25(27)28)23-24-21(26)20-13-19(20)15-8-10-17(11-9-15)22(2,3)4/h5-12,19-20H,13H2,1-4H3,(H,24,26). The van der Waals surface area contributed by atoms with Gasteiger partial charge >= 0.3 is 0 Å². The zero-order chi connectivity index (χ0) is 20.5. The van der Waals surface area contributed by atoms with Gasteiger partial charge in [-0.1, -0.05) is 57.2 Å². The van der Waals surface area contributed by atoms with Gasteiger partial charge in [0.25, 0.3) is 5.69 Å². The monoisotopic (exact) mass is 379 g/mol. The molecule has 1 aliphatic rings. The van der Waals surface area contributed by atoms with Gasteiger partial charge in [0, 0.05) is 23.6 Å². The molecule has 28 heavy (non-hydrogen) atoms. The summed E-state index contributed by atoms with van der Waals surface area (Å²) in [6.07, 6.45) is 0.812. The minimum Gasteiger partial charge on any atom is -0.273 e. The Hall–Kier alpha value is -3.02. The van der Waals surface area contributed by atoms with Crippen molar-refractivity contribution in [2.45, 2.75) is 45.4 Å². The Morgan fingerprint density at radius 2 is 1.86 bits per heavy atom. The molecule has 1 saturated carbocycles. The third-order valence-corrected chi connectivity index (χ3v) is 5.14. The molecule has 3 rings (SSSR count). The lowest BCUT2D eigenvalue weighted by Gasteiger charge is -2.19. The number of hydrogen-bond donors (Lipinski definition) is 1. The normalized spacial score (nSPS) is 19.2. The molecule has 0 aromatic heterocycles. The third kappa shape index (κ3) is 4.44. The second-order valence-corrected chi connectivity index (χ2v) is 8.30. The molecule has 2 atom stereocenters. The Morgan fingerprint density at radius 3 is 2.46 bits per heavy atom. The largest absolute Gasteiger partial charge is 0.273 e. The van der Waals surface area contributed by atoms with E-state index in [9.17, 15) is 14.9 Å². The Kier molecular flexibility index (Phi) is 5.31. The van der Waals surface area contributed by atoms with Gasteiger partial charge < -0.3 is 0 Å². The van der Waals surface area contributed by atoms with E-state index in [1.807, 2.05) is 0 Å². The minimum absolute atomic E-state index is 0.000614. The summed E-state index contributed by atoms with van der Waals surface area (Å²) in [6, 6.07) is 14.7. The summed E-state index contributed by atoms with van der Waals surface area (Å²) in [5, 5.41) is 15.0. The Morgan fingerprint density at radius 1 is 1.18 bits per heavy atom. The highest BCUT2D eigenvalue weighted by molar-refractivity contribution is 5.99. The molecule has 2 unspecified atom stereocenters. The highest BCUT2D eigenvalue weighted by Crippen LogP contribution is 2.47. The number of non-ortho nitro benzene ring substituents is 1. The van der Waals surface area contributed by atoms with Crippen molar-refractivity contribution in [3.63, 3.8) is 0 Å². The number of hydrazone groups is 1. The molecule has 0 spiro atoms. The summed E-state index contributed by atoms with van der Waals surface area (Å²) in [6.45, 7) is 8.25. The van der Waals surface area contributed by atoms with Crippen molar-refractivity contribution in [2.24, 2.45) is 11.0 Å². The molecular formula is C22H25N3O3. The van der Waals surface area contributed by atoms with Gasteiger partial charge in [-0.15, -0.1) is 0 Å². The van der Waals surface area contributed by atoms with Crippen LogP contribution in [0.4, 0.5) is 5.69 Å². The zero-order valence-electron chi connectivity index (χ0n) is 16.6. The van der Waals surface area contributed by atoms with Crippen LogP contribution in [0.3, 0.4) is 0 Å². The molecule has 0 bridgehead atoms. The first-order valence-corrected chi connectivity index (χ1v) is 9.36. The van der Waals surface area contributed by atoms with Crippen LogP contribution in [0.2, 0.25) is 0 Å². The minimum atomic E-state index is -0.449. The van der Waals surface area contributed by atoms with E-state index in [1.54, 1.807) is 19.1 Å². The summed E-state index contributed by atoms with van der Waals surface area (Å²) in [7, 11) is 0. The van der Waals surface area contributed by atoms with Crippen LogP contribution in [0.5, 0.6) is 0 Å². The first-order valence-electron chi connectivity index (χ1n) is 9.36. The number of nitro groups is 1. The van der Waals surface area contributed by atoms with Crippen molar-refractivity contribution in [1.82, 2.24) is 5.43 Å². The van der Waals surface area contributed by atoms with E-state index in [0.29, 0.717) is 11.3 Å². The molecule has 1 fully saturated rings. The van der Waals surface area contributed by atoms with Crippen LogP contribution in [-0.4, -0.2) is 16.5 Å². The zero-order valence-corrected chi connectivity index (χ0v) is 16.6. The van der Waals surface area contributed by atoms with Crippen LogP contribution >= 0.6 is 0 Å². The molecule has 2 aromatic carbocycles. The fourth-order valence-corrected chi connectivity index (χ4v) is 3.21. The van der Waals surface area contributed by atoms with Gasteiger partial charge in [-0.3, -0.25) is 14.9 Å². The number of benzene rings is 2. The predicted molar refractivity (Wildman–Crippen MR) is 109 cm³/mol. The summed E-state index contributed by atoms with van der Waals surface area (Å²) >= 11 is 0. The molecule has 1 aliphatic carbocycles. The van der Waals surface area contributed by atoms with Crippen LogP contribution in [0, 0.1) is 16.0 Å². The first kappa shape index (κ1) is 19.7. The molecule has 0 saturated heterocycles. The molecule has 0 heterocycles. The van der Waals surface area contributed by atoms with Gasteiger partial charge in [-0.25, -0.2) is 5.43 Å². The number of nitrogens with one attached hydrogen (secondary N) is 1. The molecule has 146 valence electrons. The maximum absolute atomic E-state index is 12.4. The number of carbonyl (C=O) groups is 1. The van der Waals surface area contributed by atoms with Crippen molar-refractivity contribution >= 4 is 17.3 Å². The fourth-order valence-electron chi connectivity index (χ4n) is 3.21. The molecule has 0 radical (unpaired) electrons. The second-order valence-electron chi connectivity index (χ2n) is 8.30. The van der Waals surface area contributed by atoms with E-state index < -0.39 is 4.92 Å². The highest BCUT2D eigenvalue weighted by atomic mass is 16.6. The lowest BCUT2D eigenvalue weighted by atomic mass is 9.86. The summed E-state index contributed by atoms with van der Waals surface area (Å²) in [4.78, 5) is 22.8. The first-order chi connectivity index (χ1) is 13.2. The van der Waals surface area contributed by atoms with Crippen LogP contribution in [0.1, 0.15) is 56.7 Å². The van der Waals surface area contributed by atoms with Gasteiger partial charge in [0.2, 0.25) is 5.91 Å². The van der Waals surface area contributed by atoms with Crippen LogP contribution in [0.25, 0.3) is 0 Å². The van der Waals surface area contributed by atoms with Crippen molar-refractivity contribution in [2.75, 3.05) is 0 Å². The molecule has 0 aliphatic heterocycles. The van der Waals surface area contributed by atoms with Crippen molar-refractivity contribution < 1.29 is 9.72 Å². The average molecular weight is 379 g/mol. The molecule has 2 aromatic rings. The van der Waals surface area contributed by atoms with Gasteiger partial charge in [0.1, 0.15) is 0 Å². The molecule has 1 amide bonds. The fraction of sp³-hybridized carbons (Fsp3) is 0.364.